The van der Waals surface area contributed by atoms with Gasteiger partial charge in [0.05, 0.1) is 31.5 Å². The van der Waals surface area contributed by atoms with E-state index in [0.717, 1.165) is 11.8 Å². The van der Waals surface area contributed by atoms with Crippen LogP contribution in [0.1, 0.15) is 36.4 Å². The first kappa shape index (κ1) is 22.3. The normalized spacial score (nSPS) is 16.0. The van der Waals surface area contributed by atoms with Crippen LogP contribution in [0.4, 0.5) is 5.69 Å². The molecule has 164 valence electrons. The minimum Gasteiger partial charge on any atom is -0.496 e. The largest absolute Gasteiger partial charge is 0.496 e. The Hall–Kier alpha value is -3.40. The zero-order valence-corrected chi connectivity index (χ0v) is 17.9. The number of carboxylic acid groups (broad SMARTS) is 1. The van der Waals surface area contributed by atoms with Gasteiger partial charge < -0.3 is 9.84 Å². The maximum atomic E-state index is 12.8. The van der Waals surface area contributed by atoms with Crippen LogP contribution in [-0.4, -0.2) is 49.5 Å². The van der Waals surface area contributed by atoms with Crippen LogP contribution in [0.25, 0.3) is 0 Å². The van der Waals surface area contributed by atoms with E-state index < -0.39 is 27.9 Å². The van der Waals surface area contributed by atoms with E-state index in [9.17, 15) is 18.0 Å². The van der Waals surface area contributed by atoms with Crippen molar-refractivity contribution in [3.05, 3.63) is 59.7 Å². The molecule has 0 spiro atoms. The van der Waals surface area contributed by atoms with Crippen LogP contribution in [0.2, 0.25) is 0 Å². The Labute approximate surface area is 180 Å². The summed E-state index contributed by atoms with van der Waals surface area (Å²) in [5, 5.41) is 14.7. The lowest BCUT2D eigenvalue weighted by Crippen LogP contribution is -2.27. The third-order valence-corrected chi connectivity index (χ3v) is 5.32. The summed E-state index contributed by atoms with van der Waals surface area (Å²) in [7, 11) is -1.91. The summed E-state index contributed by atoms with van der Waals surface area (Å²) in [6.07, 6.45) is 0.939. The maximum absolute atomic E-state index is 12.8. The number of amides is 1. The highest BCUT2D eigenvalue weighted by Crippen LogP contribution is 2.38. The average molecular weight is 445 g/mol. The highest BCUT2D eigenvalue weighted by Gasteiger charge is 2.34. The van der Waals surface area contributed by atoms with Crippen LogP contribution in [0, 0.1) is 0 Å². The predicted octanol–water partition coefficient (Wildman–Crippen LogP) is 2.61. The van der Waals surface area contributed by atoms with Crippen molar-refractivity contribution in [2.75, 3.05) is 18.1 Å². The van der Waals surface area contributed by atoms with Crippen LogP contribution in [-0.2, 0) is 19.6 Å². The molecule has 3 rings (SSSR count). The van der Waals surface area contributed by atoms with Gasteiger partial charge in [-0.1, -0.05) is 30.3 Å². The molecular formula is C21H23N3O6S. The summed E-state index contributed by atoms with van der Waals surface area (Å²) in [6, 6.07) is 13.5. The van der Waals surface area contributed by atoms with Gasteiger partial charge in [-0.15, -0.1) is 0 Å². The molecule has 0 aromatic heterocycles. The first-order chi connectivity index (χ1) is 14.7. The molecule has 31 heavy (non-hydrogen) atoms. The topological polar surface area (TPSA) is 125 Å². The molecule has 0 fully saturated rings. The van der Waals surface area contributed by atoms with Gasteiger partial charge in [-0.25, -0.2) is 13.4 Å². The molecule has 0 bridgehead atoms. The van der Waals surface area contributed by atoms with E-state index in [0.29, 0.717) is 29.1 Å². The number of para-hydroxylation sites is 1. The SMILES string of the molecule is COc1ccccc1[C@H]1CC(c2cccc(NS(C)(=O)=O)c2)=NN1C(=O)CCC(=O)O. The minimum atomic E-state index is -3.45. The number of sulfonamides is 1. The van der Waals surface area contributed by atoms with E-state index in [2.05, 4.69) is 9.82 Å². The number of rotatable bonds is 8. The van der Waals surface area contributed by atoms with Gasteiger partial charge >= 0.3 is 5.97 Å². The van der Waals surface area contributed by atoms with Gasteiger partial charge in [0.25, 0.3) is 0 Å². The molecule has 1 aliphatic heterocycles. The molecule has 1 atom stereocenters. The van der Waals surface area contributed by atoms with Gasteiger partial charge in [0, 0.05) is 24.1 Å². The fraction of sp³-hybridized carbons (Fsp3) is 0.286. The number of ether oxygens (including phenoxy) is 1. The molecule has 0 radical (unpaired) electrons. The molecule has 2 aromatic rings. The van der Waals surface area contributed by atoms with Crippen molar-refractivity contribution < 1.29 is 27.9 Å². The number of benzene rings is 2. The molecule has 0 aliphatic carbocycles. The summed E-state index contributed by atoms with van der Waals surface area (Å²) in [5.41, 5.74) is 2.36. The highest BCUT2D eigenvalue weighted by molar-refractivity contribution is 7.92. The fourth-order valence-electron chi connectivity index (χ4n) is 3.40. The Kier molecular flexibility index (Phi) is 6.59. The van der Waals surface area contributed by atoms with Gasteiger partial charge in [0.2, 0.25) is 15.9 Å². The van der Waals surface area contributed by atoms with Crippen LogP contribution < -0.4 is 9.46 Å². The van der Waals surface area contributed by atoms with E-state index in [-0.39, 0.29) is 12.8 Å². The zero-order chi connectivity index (χ0) is 22.6. The first-order valence-electron chi connectivity index (χ1n) is 9.50. The molecular weight excluding hydrogens is 422 g/mol. The van der Waals surface area contributed by atoms with E-state index in [4.69, 9.17) is 9.84 Å². The lowest BCUT2D eigenvalue weighted by Gasteiger charge is -2.23. The van der Waals surface area contributed by atoms with Gasteiger partial charge in [-0.3, -0.25) is 14.3 Å². The molecule has 0 saturated carbocycles. The second kappa shape index (κ2) is 9.17. The summed E-state index contributed by atoms with van der Waals surface area (Å²) in [6.45, 7) is 0. The van der Waals surface area contributed by atoms with E-state index in [1.54, 1.807) is 30.3 Å². The summed E-state index contributed by atoms with van der Waals surface area (Å²) in [5.74, 6) is -0.892. The van der Waals surface area contributed by atoms with Gasteiger partial charge in [-0.05, 0) is 23.8 Å². The van der Waals surface area contributed by atoms with E-state index in [1.165, 1.54) is 12.1 Å². The summed E-state index contributed by atoms with van der Waals surface area (Å²) >= 11 is 0. The smallest absolute Gasteiger partial charge is 0.303 e. The second-order valence-corrected chi connectivity index (χ2v) is 8.84. The number of nitrogens with zero attached hydrogens (tertiary/aromatic N) is 2. The number of hydrazone groups is 1. The lowest BCUT2D eigenvalue weighted by molar-refractivity contribution is -0.141. The Morgan fingerprint density at radius 2 is 1.94 bits per heavy atom. The van der Waals surface area contributed by atoms with Crippen LogP contribution >= 0.6 is 0 Å². The van der Waals surface area contributed by atoms with Crippen molar-refractivity contribution in [2.45, 2.75) is 25.3 Å². The Morgan fingerprint density at radius 1 is 1.19 bits per heavy atom. The number of hydrogen-bond acceptors (Lipinski definition) is 6. The van der Waals surface area contributed by atoms with Crippen LogP contribution in [0.5, 0.6) is 5.75 Å². The van der Waals surface area contributed by atoms with Gasteiger partial charge in [0.15, 0.2) is 0 Å². The molecule has 0 unspecified atom stereocenters. The highest BCUT2D eigenvalue weighted by atomic mass is 32.2. The Bertz CT molecular complexity index is 1130. The number of carbonyl (C=O) groups is 2. The average Bonchev–Trinajstić information content (AvgIpc) is 3.16. The number of anilines is 1. The van der Waals surface area contributed by atoms with Crippen molar-refractivity contribution >= 4 is 33.3 Å². The molecule has 2 N–H and O–H groups in total. The third kappa shape index (κ3) is 5.60. The third-order valence-electron chi connectivity index (χ3n) is 4.72. The molecule has 1 heterocycles. The number of aliphatic carboxylic acids is 1. The maximum Gasteiger partial charge on any atom is 0.303 e. The van der Waals surface area contributed by atoms with Crippen molar-refractivity contribution in [3.8, 4) is 5.75 Å². The molecule has 2 aromatic carbocycles. The van der Waals surface area contributed by atoms with Crippen molar-refractivity contribution in [2.24, 2.45) is 5.10 Å². The van der Waals surface area contributed by atoms with Crippen molar-refractivity contribution in [1.29, 1.82) is 0 Å². The van der Waals surface area contributed by atoms with Crippen LogP contribution in [0.3, 0.4) is 0 Å². The Balaban J connectivity index is 1.97. The van der Waals surface area contributed by atoms with Crippen LogP contribution in [0.15, 0.2) is 53.6 Å². The monoisotopic (exact) mass is 445 g/mol. The zero-order valence-electron chi connectivity index (χ0n) is 17.1. The standard InChI is InChI=1S/C21H23N3O6S/c1-30-19-9-4-3-8-16(19)18-13-17(22-24(18)20(25)10-11-21(26)27)14-6-5-7-15(12-14)23-31(2,28)29/h3-9,12,18,23H,10-11,13H2,1-2H3,(H,26,27)/t18-/m1/s1. The number of carboxylic acids is 1. The van der Waals surface area contributed by atoms with Crippen molar-refractivity contribution in [3.63, 3.8) is 0 Å². The first-order valence-corrected chi connectivity index (χ1v) is 11.4. The van der Waals surface area contributed by atoms with E-state index in [1.807, 2.05) is 18.2 Å². The predicted molar refractivity (Wildman–Crippen MR) is 116 cm³/mol. The fourth-order valence-corrected chi connectivity index (χ4v) is 3.96. The number of hydrogen-bond donors (Lipinski definition) is 2. The summed E-state index contributed by atoms with van der Waals surface area (Å²) in [4.78, 5) is 23.7. The summed E-state index contributed by atoms with van der Waals surface area (Å²) < 4.78 is 31.0. The van der Waals surface area contributed by atoms with Crippen molar-refractivity contribution in [1.82, 2.24) is 5.01 Å². The number of carbonyl (C=O) groups excluding carboxylic acids is 1. The van der Waals surface area contributed by atoms with Gasteiger partial charge in [-0.2, -0.15) is 5.10 Å². The lowest BCUT2D eigenvalue weighted by atomic mass is 9.97. The second-order valence-electron chi connectivity index (χ2n) is 7.10. The minimum absolute atomic E-state index is 0.187. The molecule has 10 heteroatoms. The van der Waals surface area contributed by atoms with E-state index >= 15 is 0 Å². The molecule has 0 saturated heterocycles. The quantitative estimate of drug-likeness (QED) is 0.643. The van der Waals surface area contributed by atoms with Gasteiger partial charge in [0.1, 0.15) is 5.75 Å². The molecule has 1 aliphatic rings. The molecule has 1 amide bonds. The Morgan fingerprint density at radius 3 is 2.61 bits per heavy atom. The number of nitrogens with one attached hydrogen (secondary N) is 1. The molecule has 9 nitrogen and oxygen atoms in total. The number of methoxy groups -OCH3 is 1.